The van der Waals surface area contributed by atoms with E-state index < -0.39 is 36.0 Å². The second-order valence-corrected chi connectivity index (χ2v) is 6.59. The Kier molecular flexibility index (Phi) is 7.97. The number of benzene rings is 2. The number of nitrogens with zero attached hydrogens (tertiary/aromatic N) is 1. The van der Waals surface area contributed by atoms with Crippen LogP contribution in [0.3, 0.4) is 0 Å². The van der Waals surface area contributed by atoms with Crippen LogP contribution in [-0.2, 0) is 28.7 Å². The smallest absolute Gasteiger partial charge is 0.416 e. The van der Waals surface area contributed by atoms with E-state index in [1.54, 1.807) is 31.2 Å². The predicted molar refractivity (Wildman–Crippen MR) is 103 cm³/mol. The molecule has 0 bridgehead atoms. The summed E-state index contributed by atoms with van der Waals surface area (Å²) in [7, 11) is 0. The van der Waals surface area contributed by atoms with Crippen LogP contribution < -0.4 is 0 Å². The minimum Gasteiger partial charge on any atom is -0.466 e. The van der Waals surface area contributed by atoms with Gasteiger partial charge in [-0.15, -0.1) is 0 Å². The van der Waals surface area contributed by atoms with Crippen LogP contribution in [0, 0.1) is 5.82 Å². The SMILES string of the molecule is CCOC(=O)CCN(Cc1ccc(F)cc1C(F)(F)F)C(=O)c1ccccc1CC. The lowest BCUT2D eigenvalue weighted by Crippen LogP contribution is -2.34. The van der Waals surface area contributed by atoms with Crippen molar-refractivity contribution in [1.82, 2.24) is 4.90 Å². The van der Waals surface area contributed by atoms with Crippen LogP contribution in [0.2, 0.25) is 0 Å². The molecule has 0 aliphatic carbocycles. The molecule has 2 rings (SSSR count). The highest BCUT2D eigenvalue weighted by Gasteiger charge is 2.34. The average molecular weight is 425 g/mol. The topological polar surface area (TPSA) is 46.6 Å². The number of rotatable bonds is 8. The normalized spacial score (nSPS) is 11.3. The molecule has 0 N–H and O–H groups in total. The van der Waals surface area contributed by atoms with Gasteiger partial charge in [0, 0.05) is 18.7 Å². The quantitative estimate of drug-likeness (QED) is 0.442. The van der Waals surface area contributed by atoms with Crippen LogP contribution in [0.25, 0.3) is 0 Å². The van der Waals surface area contributed by atoms with Crippen LogP contribution in [0.5, 0.6) is 0 Å². The molecular weight excluding hydrogens is 402 g/mol. The van der Waals surface area contributed by atoms with Gasteiger partial charge in [-0.3, -0.25) is 9.59 Å². The summed E-state index contributed by atoms with van der Waals surface area (Å²) in [6.07, 6.45) is -4.40. The van der Waals surface area contributed by atoms with Crippen LogP contribution in [0.1, 0.15) is 47.3 Å². The maximum absolute atomic E-state index is 13.4. The largest absolute Gasteiger partial charge is 0.466 e. The zero-order valence-corrected chi connectivity index (χ0v) is 16.8. The lowest BCUT2D eigenvalue weighted by molar-refractivity contribution is -0.143. The molecule has 0 aliphatic rings. The molecule has 2 aromatic rings. The Bertz CT molecular complexity index is 896. The van der Waals surface area contributed by atoms with Gasteiger partial charge in [-0.1, -0.05) is 31.2 Å². The van der Waals surface area contributed by atoms with Gasteiger partial charge in [0.25, 0.3) is 5.91 Å². The van der Waals surface area contributed by atoms with Crippen molar-refractivity contribution in [2.45, 2.75) is 39.4 Å². The van der Waals surface area contributed by atoms with E-state index in [2.05, 4.69) is 0 Å². The first-order valence-corrected chi connectivity index (χ1v) is 9.55. The van der Waals surface area contributed by atoms with Gasteiger partial charge in [-0.2, -0.15) is 13.2 Å². The summed E-state index contributed by atoms with van der Waals surface area (Å²) in [5.74, 6) is -2.09. The molecule has 0 saturated carbocycles. The molecule has 0 fully saturated rings. The fourth-order valence-corrected chi connectivity index (χ4v) is 3.08. The fraction of sp³-hybridized carbons (Fsp3) is 0.364. The molecule has 2 aromatic carbocycles. The maximum atomic E-state index is 13.4. The van der Waals surface area contributed by atoms with Crippen molar-refractivity contribution < 1.29 is 31.9 Å². The predicted octanol–water partition coefficient (Wildman–Crippen LogP) is 5.00. The van der Waals surface area contributed by atoms with Crippen molar-refractivity contribution in [2.24, 2.45) is 0 Å². The van der Waals surface area contributed by atoms with Crippen molar-refractivity contribution in [1.29, 1.82) is 0 Å². The molecule has 30 heavy (non-hydrogen) atoms. The molecule has 0 unspecified atom stereocenters. The van der Waals surface area contributed by atoms with Gasteiger partial charge < -0.3 is 9.64 Å². The summed E-state index contributed by atoms with van der Waals surface area (Å²) < 4.78 is 58.5. The second-order valence-electron chi connectivity index (χ2n) is 6.59. The summed E-state index contributed by atoms with van der Waals surface area (Å²) in [6.45, 7) is 3.08. The summed E-state index contributed by atoms with van der Waals surface area (Å²) in [5, 5.41) is 0. The number of ether oxygens (including phenoxy) is 1. The number of halogens is 4. The Morgan fingerprint density at radius 2 is 1.73 bits per heavy atom. The van der Waals surface area contributed by atoms with Gasteiger partial charge in [0.2, 0.25) is 0 Å². The zero-order chi connectivity index (χ0) is 22.3. The molecule has 0 aromatic heterocycles. The molecule has 0 heterocycles. The van der Waals surface area contributed by atoms with E-state index in [4.69, 9.17) is 4.74 Å². The van der Waals surface area contributed by atoms with Crippen molar-refractivity contribution >= 4 is 11.9 Å². The van der Waals surface area contributed by atoms with Crippen molar-refractivity contribution in [2.75, 3.05) is 13.2 Å². The minimum atomic E-state index is -4.78. The van der Waals surface area contributed by atoms with E-state index >= 15 is 0 Å². The van der Waals surface area contributed by atoms with Gasteiger partial charge in [0.15, 0.2) is 0 Å². The lowest BCUT2D eigenvalue weighted by atomic mass is 10.0. The Hall–Kier alpha value is -2.90. The van der Waals surface area contributed by atoms with Gasteiger partial charge in [0.05, 0.1) is 18.6 Å². The van der Waals surface area contributed by atoms with Crippen molar-refractivity contribution in [3.63, 3.8) is 0 Å². The average Bonchev–Trinajstić information content (AvgIpc) is 2.71. The highest BCUT2D eigenvalue weighted by atomic mass is 19.4. The number of carbonyl (C=O) groups is 2. The number of amides is 1. The van der Waals surface area contributed by atoms with Gasteiger partial charge in [-0.25, -0.2) is 4.39 Å². The van der Waals surface area contributed by atoms with Crippen molar-refractivity contribution in [3.8, 4) is 0 Å². The van der Waals surface area contributed by atoms with Gasteiger partial charge in [-0.05, 0) is 42.7 Å². The zero-order valence-electron chi connectivity index (χ0n) is 16.8. The van der Waals surface area contributed by atoms with Crippen LogP contribution in [0.4, 0.5) is 17.6 Å². The highest BCUT2D eigenvalue weighted by molar-refractivity contribution is 5.96. The molecule has 8 heteroatoms. The molecule has 0 saturated heterocycles. The molecule has 0 radical (unpaired) electrons. The lowest BCUT2D eigenvalue weighted by Gasteiger charge is -2.25. The third-order valence-corrected chi connectivity index (χ3v) is 4.55. The Morgan fingerprint density at radius 1 is 1.03 bits per heavy atom. The fourth-order valence-electron chi connectivity index (χ4n) is 3.08. The molecule has 1 amide bonds. The Morgan fingerprint density at radius 3 is 2.37 bits per heavy atom. The van der Waals surface area contributed by atoms with E-state index in [1.165, 1.54) is 0 Å². The van der Waals surface area contributed by atoms with E-state index in [1.807, 2.05) is 6.92 Å². The molecule has 0 aliphatic heterocycles. The number of aryl methyl sites for hydroxylation is 1. The van der Waals surface area contributed by atoms with Crippen LogP contribution >= 0.6 is 0 Å². The highest BCUT2D eigenvalue weighted by Crippen LogP contribution is 2.33. The first kappa shape index (κ1) is 23.4. The second kappa shape index (κ2) is 10.2. The molecular formula is C22H23F4NO3. The molecule has 162 valence electrons. The molecule has 0 spiro atoms. The Balaban J connectivity index is 2.40. The third kappa shape index (κ3) is 6.05. The monoisotopic (exact) mass is 425 g/mol. The number of hydrogen-bond donors (Lipinski definition) is 0. The maximum Gasteiger partial charge on any atom is 0.416 e. The molecule has 0 atom stereocenters. The number of esters is 1. The van der Waals surface area contributed by atoms with Crippen molar-refractivity contribution in [3.05, 3.63) is 70.5 Å². The first-order valence-electron chi connectivity index (χ1n) is 9.55. The summed E-state index contributed by atoms with van der Waals surface area (Å²) in [4.78, 5) is 26.1. The van der Waals surface area contributed by atoms with E-state index in [0.717, 1.165) is 22.6 Å². The van der Waals surface area contributed by atoms with Crippen LogP contribution in [-0.4, -0.2) is 29.9 Å². The minimum absolute atomic E-state index is 0.135. The van der Waals surface area contributed by atoms with Gasteiger partial charge in [0.1, 0.15) is 5.82 Å². The van der Waals surface area contributed by atoms with E-state index in [-0.39, 0.29) is 25.1 Å². The van der Waals surface area contributed by atoms with Crippen LogP contribution in [0.15, 0.2) is 42.5 Å². The summed E-state index contributed by atoms with van der Waals surface area (Å²) >= 11 is 0. The number of carbonyl (C=O) groups excluding carboxylic acids is 2. The van der Waals surface area contributed by atoms with E-state index in [0.29, 0.717) is 18.1 Å². The standard InChI is InChI=1S/C22H23F4NO3/c1-3-15-7-5-6-8-18(15)21(29)27(12-11-20(28)30-4-2)14-16-9-10-17(23)13-19(16)22(24,25)26/h5-10,13H,3-4,11-12,14H2,1-2H3. The number of alkyl halides is 3. The summed E-state index contributed by atoms with van der Waals surface area (Å²) in [6, 6.07) is 9.11. The summed E-state index contributed by atoms with van der Waals surface area (Å²) in [5.41, 5.74) is -0.325. The molecule has 4 nitrogen and oxygen atoms in total. The van der Waals surface area contributed by atoms with Gasteiger partial charge >= 0.3 is 12.1 Å². The van der Waals surface area contributed by atoms with E-state index in [9.17, 15) is 27.2 Å². The first-order chi connectivity index (χ1) is 14.2. The number of hydrogen-bond acceptors (Lipinski definition) is 3. The Labute approximate surface area is 172 Å². The third-order valence-electron chi connectivity index (χ3n) is 4.55.